The van der Waals surface area contributed by atoms with Gasteiger partial charge in [0.1, 0.15) is 23.1 Å². The zero-order valence-corrected chi connectivity index (χ0v) is 21.9. The number of ether oxygens (including phenoxy) is 1. The third-order valence-electron chi connectivity index (χ3n) is 6.27. The number of anilines is 2. The number of alkyl halides is 6. The van der Waals surface area contributed by atoms with Crippen LogP contribution in [0.5, 0.6) is 5.75 Å². The lowest BCUT2D eigenvalue weighted by molar-refractivity contribution is -0.175. The SMILES string of the molecule is CC(C)(N(C(=O)O)c1ccc2c(c1)N(S(=O)(=O)c1ccnc(C(F)(F)F)c1)C[C@H](CCc1nn[nH]n1)O2)C(F)(F)F. The number of aromatic amines is 1. The molecule has 19 heteroatoms. The molecule has 12 nitrogen and oxygen atoms in total. The largest absolute Gasteiger partial charge is 0.486 e. The lowest BCUT2D eigenvalue weighted by Gasteiger charge is -2.39. The van der Waals surface area contributed by atoms with E-state index >= 15 is 0 Å². The highest BCUT2D eigenvalue weighted by Gasteiger charge is 2.54. The fraction of sp³-hybridized carbons (Fsp3) is 0.409. The van der Waals surface area contributed by atoms with E-state index in [4.69, 9.17) is 4.74 Å². The third-order valence-corrected chi connectivity index (χ3v) is 8.04. The number of benzene rings is 1. The molecule has 0 saturated carbocycles. The minimum atomic E-state index is -5.03. The highest BCUT2D eigenvalue weighted by Crippen LogP contribution is 2.44. The number of halogens is 6. The number of H-pyrrole nitrogens is 1. The Morgan fingerprint density at radius 1 is 1.17 bits per heavy atom. The highest BCUT2D eigenvalue weighted by atomic mass is 32.2. The maximum Gasteiger partial charge on any atom is 0.433 e. The molecule has 3 aromatic rings. The van der Waals surface area contributed by atoms with Gasteiger partial charge in [-0.25, -0.2) is 13.2 Å². The van der Waals surface area contributed by atoms with Gasteiger partial charge in [0, 0.05) is 12.6 Å². The summed E-state index contributed by atoms with van der Waals surface area (Å²) in [6.45, 7) is 0.750. The van der Waals surface area contributed by atoms with Gasteiger partial charge in [0.15, 0.2) is 5.82 Å². The number of tetrazole rings is 1. The van der Waals surface area contributed by atoms with Gasteiger partial charge in [-0.05, 0) is 50.6 Å². The first-order valence-electron chi connectivity index (χ1n) is 11.6. The van der Waals surface area contributed by atoms with Crippen LogP contribution in [-0.2, 0) is 22.6 Å². The molecular weight excluding hydrogens is 588 g/mol. The van der Waals surface area contributed by atoms with Crippen LogP contribution in [0, 0.1) is 0 Å². The second-order valence-electron chi connectivity index (χ2n) is 9.34. The summed E-state index contributed by atoms with van der Waals surface area (Å²) >= 11 is 0. The zero-order chi connectivity index (χ0) is 30.4. The molecule has 1 aromatic carbocycles. The molecule has 1 aliphatic rings. The topological polar surface area (TPSA) is 155 Å². The van der Waals surface area contributed by atoms with Crippen molar-refractivity contribution in [2.24, 2.45) is 0 Å². The molecule has 1 atom stereocenters. The fourth-order valence-electron chi connectivity index (χ4n) is 4.05. The Labute approximate surface area is 228 Å². The van der Waals surface area contributed by atoms with Crippen molar-refractivity contribution in [3.63, 3.8) is 0 Å². The molecule has 0 radical (unpaired) electrons. The summed E-state index contributed by atoms with van der Waals surface area (Å²) in [5, 5.41) is 22.9. The lowest BCUT2D eigenvalue weighted by Crippen LogP contribution is -2.57. The average Bonchev–Trinajstić information content (AvgIpc) is 3.39. The molecule has 0 spiro atoms. The van der Waals surface area contributed by atoms with Gasteiger partial charge < -0.3 is 9.84 Å². The van der Waals surface area contributed by atoms with Crippen molar-refractivity contribution in [2.75, 3.05) is 15.7 Å². The average molecular weight is 610 g/mol. The molecule has 2 aromatic heterocycles. The molecular formula is C22H21F6N7O5S. The van der Waals surface area contributed by atoms with E-state index in [1.165, 1.54) is 0 Å². The summed E-state index contributed by atoms with van der Waals surface area (Å²) in [4.78, 5) is 14.3. The van der Waals surface area contributed by atoms with Crippen LogP contribution >= 0.6 is 0 Å². The number of fused-ring (bicyclic) bond motifs is 1. The Morgan fingerprint density at radius 3 is 2.46 bits per heavy atom. The predicted octanol–water partition coefficient (Wildman–Crippen LogP) is 4.03. The van der Waals surface area contributed by atoms with Crippen molar-refractivity contribution < 1.29 is 49.4 Å². The van der Waals surface area contributed by atoms with E-state index in [0.29, 0.717) is 30.4 Å². The van der Waals surface area contributed by atoms with Crippen LogP contribution in [0.25, 0.3) is 0 Å². The van der Waals surface area contributed by atoms with Crippen molar-refractivity contribution in [2.45, 2.75) is 55.6 Å². The Morgan fingerprint density at radius 2 is 1.88 bits per heavy atom. The number of hydrogen-bond acceptors (Lipinski definition) is 8. The quantitative estimate of drug-likeness (QED) is 0.378. The molecule has 41 heavy (non-hydrogen) atoms. The standard InChI is InChI=1S/C22H21F6N7O5S/c1-20(2,22(26,27)28)35(19(36)37)12-3-5-16-15(9-12)34(11-13(40-16)4-6-18-30-32-33-31-18)41(38,39)14-7-8-29-17(10-14)21(23,24)25/h3,5,7-10,13H,4,6,11H2,1-2H3,(H,36,37)(H,30,31,32,33)/t13-/m0/s1. The van der Waals surface area contributed by atoms with Crippen LogP contribution in [-0.4, -0.2) is 69.6 Å². The molecule has 222 valence electrons. The van der Waals surface area contributed by atoms with Crippen LogP contribution in [0.4, 0.5) is 42.5 Å². The number of nitrogens with one attached hydrogen (secondary N) is 1. The maximum atomic E-state index is 13.8. The van der Waals surface area contributed by atoms with E-state index in [2.05, 4.69) is 25.6 Å². The van der Waals surface area contributed by atoms with Crippen molar-refractivity contribution in [3.05, 3.63) is 48.0 Å². The maximum absolute atomic E-state index is 13.8. The monoisotopic (exact) mass is 609 g/mol. The number of carboxylic acid groups (broad SMARTS) is 1. The van der Waals surface area contributed by atoms with Crippen molar-refractivity contribution in [1.29, 1.82) is 0 Å². The molecule has 0 aliphatic carbocycles. The second-order valence-corrected chi connectivity index (χ2v) is 11.2. The van der Waals surface area contributed by atoms with E-state index in [1.54, 1.807) is 0 Å². The fourth-order valence-corrected chi connectivity index (χ4v) is 5.56. The van der Waals surface area contributed by atoms with Crippen LogP contribution < -0.4 is 13.9 Å². The summed E-state index contributed by atoms with van der Waals surface area (Å²) < 4.78 is 115. The van der Waals surface area contributed by atoms with Gasteiger partial charge >= 0.3 is 18.4 Å². The van der Waals surface area contributed by atoms with Gasteiger partial charge in [0.25, 0.3) is 10.0 Å². The third kappa shape index (κ3) is 5.84. The van der Waals surface area contributed by atoms with E-state index in [0.717, 1.165) is 24.3 Å². The van der Waals surface area contributed by atoms with Crippen molar-refractivity contribution >= 4 is 27.5 Å². The number of aryl methyl sites for hydroxylation is 1. The number of pyridine rings is 1. The van der Waals surface area contributed by atoms with Gasteiger partial charge in [0.05, 0.1) is 22.8 Å². The van der Waals surface area contributed by atoms with Crippen molar-refractivity contribution in [3.8, 4) is 5.75 Å². The summed E-state index contributed by atoms with van der Waals surface area (Å²) in [6.07, 6.45) is -12.0. The lowest BCUT2D eigenvalue weighted by atomic mass is 10.0. The Hall–Kier alpha value is -4.16. The molecule has 0 unspecified atom stereocenters. The summed E-state index contributed by atoms with van der Waals surface area (Å²) in [5.74, 6) is 0.0986. The van der Waals surface area contributed by atoms with Gasteiger partial charge in [-0.15, -0.1) is 10.2 Å². The normalized spacial score (nSPS) is 16.2. The summed E-state index contributed by atoms with van der Waals surface area (Å²) in [6, 6.07) is 4.09. The van der Waals surface area contributed by atoms with Crippen LogP contribution in [0.3, 0.4) is 0 Å². The van der Waals surface area contributed by atoms with Crippen LogP contribution in [0.1, 0.15) is 31.8 Å². The first-order chi connectivity index (χ1) is 18.9. The van der Waals surface area contributed by atoms with E-state index in [1.807, 2.05) is 0 Å². The number of sulfonamides is 1. The van der Waals surface area contributed by atoms with Gasteiger partial charge in [-0.2, -0.15) is 31.6 Å². The zero-order valence-electron chi connectivity index (χ0n) is 21.1. The van der Waals surface area contributed by atoms with Gasteiger partial charge in [0.2, 0.25) is 0 Å². The van der Waals surface area contributed by atoms with Gasteiger partial charge in [-0.1, -0.05) is 5.21 Å². The summed E-state index contributed by atoms with van der Waals surface area (Å²) in [7, 11) is -4.81. The van der Waals surface area contributed by atoms with E-state index in [9.17, 15) is 44.7 Å². The predicted molar refractivity (Wildman–Crippen MR) is 128 cm³/mol. The van der Waals surface area contributed by atoms with E-state index in [-0.39, 0.29) is 35.0 Å². The number of aromatic nitrogens is 5. The number of hydrogen-bond donors (Lipinski definition) is 2. The highest BCUT2D eigenvalue weighted by molar-refractivity contribution is 7.92. The van der Waals surface area contributed by atoms with Crippen molar-refractivity contribution in [1.82, 2.24) is 25.6 Å². The first kappa shape index (κ1) is 29.8. The molecule has 0 bridgehead atoms. The first-order valence-corrected chi connectivity index (χ1v) is 13.1. The minimum absolute atomic E-state index is 0.00854. The molecule has 2 N–H and O–H groups in total. The molecule has 0 saturated heterocycles. The molecule has 3 heterocycles. The molecule has 1 amide bonds. The summed E-state index contributed by atoms with van der Waals surface area (Å²) in [5.41, 5.74) is -5.38. The van der Waals surface area contributed by atoms with Crippen LogP contribution in [0.15, 0.2) is 41.4 Å². The van der Waals surface area contributed by atoms with E-state index < -0.39 is 62.9 Å². The Kier molecular flexibility index (Phi) is 7.52. The number of amides is 1. The smallest absolute Gasteiger partial charge is 0.433 e. The van der Waals surface area contributed by atoms with Crippen LogP contribution in [0.2, 0.25) is 0 Å². The Bertz CT molecular complexity index is 1530. The minimum Gasteiger partial charge on any atom is -0.486 e. The molecule has 0 fully saturated rings. The molecule has 1 aliphatic heterocycles. The number of nitrogens with zero attached hydrogens (tertiary/aromatic N) is 6. The number of rotatable bonds is 7. The number of carbonyl (C=O) groups is 1. The second kappa shape index (κ2) is 10.3. The van der Waals surface area contributed by atoms with Gasteiger partial charge in [-0.3, -0.25) is 14.2 Å². The molecule has 4 rings (SSSR count). The Balaban J connectivity index is 1.82.